The molecule has 1 aliphatic rings. The largest absolute Gasteiger partial charge is 0.324 e. The Balaban J connectivity index is 1.67. The molecule has 1 aromatic heterocycles. The second-order valence-corrected chi connectivity index (χ2v) is 7.64. The van der Waals surface area contributed by atoms with Crippen LogP contribution >= 0.6 is 11.3 Å². The Hall–Kier alpha value is -1.55. The minimum Gasteiger partial charge on any atom is -0.324 e. The minimum atomic E-state index is -3.65. The van der Waals surface area contributed by atoms with E-state index in [1.165, 1.54) is 0 Å². The van der Waals surface area contributed by atoms with Gasteiger partial charge in [0.1, 0.15) is 5.01 Å². The summed E-state index contributed by atoms with van der Waals surface area (Å²) in [4.78, 5) is 0.189. The van der Waals surface area contributed by atoms with Crippen molar-refractivity contribution >= 4 is 26.5 Å². The molecule has 2 heterocycles. The molecule has 1 aromatic carbocycles. The quantitative estimate of drug-likeness (QED) is 0.893. The lowest BCUT2D eigenvalue weighted by atomic mass is 10.2. The van der Waals surface area contributed by atoms with E-state index in [4.69, 9.17) is 9.47 Å². The molecule has 0 aliphatic carbocycles. The van der Waals surface area contributed by atoms with Crippen LogP contribution in [0.2, 0.25) is 0 Å². The number of nitrogens with one attached hydrogen (secondary N) is 1. The van der Waals surface area contributed by atoms with E-state index >= 15 is 0 Å². The summed E-state index contributed by atoms with van der Waals surface area (Å²) in [5.41, 5.74) is 0.992. The van der Waals surface area contributed by atoms with Gasteiger partial charge < -0.3 is 9.47 Å². The number of aromatic nitrogens is 2. The van der Waals surface area contributed by atoms with E-state index < -0.39 is 10.0 Å². The second-order valence-electron chi connectivity index (χ2n) is 4.89. The number of aryl methyl sites for hydroxylation is 1. The summed E-state index contributed by atoms with van der Waals surface area (Å²) in [6.45, 7) is 3.70. The molecule has 7 nitrogen and oxygen atoms in total. The molecule has 0 saturated carbocycles. The Morgan fingerprint density at radius 3 is 2.55 bits per heavy atom. The van der Waals surface area contributed by atoms with Crippen molar-refractivity contribution in [1.82, 2.24) is 10.2 Å². The first-order valence-corrected chi connectivity index (χ1v) is 8.95. The smallest absolute Gasteiger partial charge is 0.263 e. The summed E-state index contributed by atoms with van der Waals surface area (Å²) < 4.78 is 37.5. The molecular formula is C13H15N3O4S2. The summed E-state index contributed by atoms with van der Waals surface area (Å²) >= 11 is 1.16. The molecule has 2 aromatic rings. The highest BCUT2D eigenvalue weighted by Gasteiger charge is 2.28. The highest BCUT2D eigenvalue weighted by Crippen LogP contribution is 2.25. The number of nitrogens with zero attached hydrogens (tertiary/aromatic N) is 2. The second kappa shape index (κ2) is 5.92. The van der Waals surface area contributed by atoms with Crippen molar-refractivity contribution < 1.29 is 17.9 Å². The van der Waals surface area contributed by atoms with E-state index in [2.05, 4.69) is 14.9 Å². The van der Waals surface area contributed by atoms with Gasteiger partial charge in [0.05, 0.1) is 11.3 Å². The van der Waals surface area contributed by atoms with E-state index in [1.807, 2.05) is 6.92 Å². The maximum absolute atomic E-state index is 12.2. The fourth-order valence-corrected chi connectivity index (χ4v) is 3.93. The molecule has 1 fully saturated rings. The molecule has 22 heavy (non-hydrogen) atoms. The van der Waals surface area contributed by atoms with Crippen LogP contribution in [0, 0.1) is 6.92 Å². The Morgan fingerprint density at radius 1 is 1.23 bits per heavy atom. The Labute approximate surface area is 132 Å². The lowest BCUT2D eigenvalue weighted by Crippen LogP contribution is -2.40. The van der Waals surface area contributed by atoms with Crippen LogP contribution in [0.15, 0.2) is 29.2 Å². The lowest BCUT2D eigenvalue weighted by Gasteiger charge is -2.32. The maximum Gasteiger partial charge on any atom is 0.263 e. The standard InChI is InChI=1S/C13H15N3O4S2/c1-8-3-5-10(6-4-8)22(17,18)16-13-15-14-11(21-13)7-12-19-9(2)20-12/h3-6,9,12H,7H2,1-2H3,(H,15,16). The van der Waals surface area contributed by atoms with Gasteiger partial charge in [0.25, 0.3) is 10.0 Å². The fraction of sp³-hybridized carbons (Fsp3) is 0.385. The third kappa shape index (κ3) is 3.43. The highest BCUT2D eigenvalue weighted by atomic mass is 32.2. The van der Waals surface area contributed by atoms with E-state index in [1.54, 1.807) is 31.2 Å². The van der Waals surface area contributed by atoms with Crippen molar-refractivity contribution in [2.75, 3.05) is 4.72 Å². The minimum absolute atomic E-state index is 0.189. The van der Waals surface area contributed by atoms with Crippen molar-refractivity contribution in [2.24, 2.45) is 0 Å². The van der Waals surface area contributed by atoms with Gasteiger partial charge in [-0.1, -0.05) is 29.0 Å². The first-order chi connectivity index (χ1) is 10.4. The van der Waals surface area contributed by atoms with Gasteiger partial charge in [-0.3, -0.25) is 4.72 Å². The molecular weight excluding hydrogens is 326 g/mol. The van der Waals surface area contributed by atoms with Crippen molar-refractivity contribution in [3.63, 3.8) is 0 Å². The van der Waals surface area contributed by atoms with E-state index in [0.717, 1.165) is 16.9 Å². The summed E-state index contributed by atoms with van der Waals surface area (Å²) in [7, 11) is -3.65. The molecule has 1 aliphatic heterocycles. The van der Waals surface area contributed by atoms with Crippen LogP contribution in [0.25, 0.3) is 0 Å². The van der Waals surface area contributed by atoms with Crippen LogP contribution in [0.4, 0.5) is 5.13 Å². The van der Waals surface area contributed by atoms with Crippen LogP contribution in [0.3, 0.4) is 0 Å². The molecule has 1 N–H and O–H groups in total. The highest BCUT2D eigenvalue weighted by molar-refractivity contribution is 7.93. The topological polar surface area (TPSA) is 90.4 Å². The van der Waals surface area contributed by atoms with Gasteiger partial charge in [-0.05, 0) is 26.0 Å². The van der Waals surface area contributed by atoms with Crippen molar-refractivity contribution in [1.29, 1.82) is 0 Å². The van der Waals surface area contributed by atoms with Crippen molar-refractivity contribution in [3.8, 4) is 0 Å². The number of hydrogen-bond donors (Lipinski definition) is 1. The van der Waals surface area contributed by atoms with Crippen LogP contribution in [0.5, 0.6) is 0 Å². The molecule has 118 valence electrons. The van der Waals surface area contributed by atoms with Gasteiger partial charge in [0, 0.05) is 0 Å². The number of anilines is 1. The number of ether oxygens (including phenoxy) is 2. The molecule has 0 radical (unpaired) electrons. The maximum atomic E-state index is 12.2. The van der Waals surface area contributed by atoms with Gasteiger partial charge in [-0.2, -0.15) is 0 Å². The van der Waals surface area contributed by atoms with Gasteiger partial charge in [0.2, 0.25) is 5.13 Å². The molecule has 0 spiro atoms. The number of hydrogen-bond acceptors (Lipinski definition) is 7. The summed E-state index contributed by atoms with van der Waals surface area (Å²) in [5, 5.41) is 8.65. The first kappa shape index (κ1) is 15.3. The van der Waals surface area contributed by atoms with Gasteiger partial charge in [-0.25, -0.2) is 8.42 Å². The Morgan fingerprint density at radius 2 is 1.91 bits per heavy atom. The van der Waals surface area contributed by atoms with E-state index in [0.29, 0.717) is 11.4 Å². The summed E-state index contributed by atoms with van der Waals surface area (Å²) in [6, 6.07) is 6.59. The van der Waals surface area contributed by atoms with E-state index in [-0.39, 0.29) is 22.6 Å². The predicted molar refractivity (Wildman–Crippen MR) is 81.0 cm³/mol. The van der Waals surface area contributed by atoms with Crippen molar-refractivity contribution in [3.05, 3.63) is 34.8 Å². The third-order valence-corrected chi connectivity index (χ3v) is 5.39. The van der Waals surface area contributed by atoms with Crippen LogP contribution in [-0.2, 0) is 25.9 Å². The summed E-state index contributed by atoms with van der Waals surface area (Å²) in [6.07, 6.45) is -0.0733. The van der Waals surface area contributed by atoms with Crippen LogP contribution in [0.1, 0.15) is 17.5 Å². The van der Waals surface area contributed by atoms with Crippen LogP contribution < -0.4 is 4.72 Å². The molecule has 0 atom stereocenters. The molecule has 9 heteroatoms. The third-order valence-electron chi connectivity index (χ3n) is 3.05. The molecule has 3 rings (SSSR count). The van der Waals surface area contributed by atoms with Gasteiger partial charge in [-0.15, -0.1) is 10.2 Å². The first-order valence-electron chi connectivity index (χ1n) is 6.65. The van der Waals surface area contributed by atoms with Gasteiger partial charge >= 0.3 is 0 Å². The zero-order chi connectivity index (χ0) is 15.7. The number of rotatable bonds is 5. The normalized spacial score (nSPS) is 21.4. The zero-order valence-electron chi connectivity index (χ0n) is 12.0. The number of sulfonamides is 1. The van der Waals surface area contributed by atoms with Crippen LogP contribution in [-0.4, -0.2) is 31.2 Å². The Bertz CT molecular complexity index is 752. The van der Waals surface area contributed by atoms with Gasteiger partial charge in [0.15, 0.2) is 12.6 Å². The molecule has 1 saturated heterocycles. The average molecular weight is 341 g/mol. The Kier molecular flexibility index (Phi) is 4.13. The zero-order valence-corrected chi connectivity index (χ0v) is 13.6. The van der Waals surface area contributed by atoms with Crippen molar-refractivity contribution in [2.45, 2.75) is 37.7 Å². The SMILES string of the molecule is Cc1ccc(S(=O)(=O)Nc2nnc(CC3OC(C)O3)s2)cc1. The fourth-order valence-electron chi connectivity index (χ4n) is 1.95. The summed E-state index contributed by atoms with van der Waals surface area (Å²) in [5.74, 6) is 0. The number of benzene rings is 1. The monoisotopic (exact) mass is 341 g/mol. The predicted octanol–water partition coefficient (Wildman–Crippen LogP) is 1.91. The van der Waals surface area contributed by atoms with E-state index in [9.17, 15) is 8.42 Å². The average Bonchev–Trinajstić information content (AvgIpc) is 2.84. The molecule has 0 unspecified atom stereocenters. The molecule has 0 amide bonds. The lowest BCUT2D eigenvalue weighted by molar-refractivity contribution is -0.374. The molecule has 0 bridgehead atoms.